The van der Waals surface area contributed by atoms with Crippen LogP contribution in [0.3, 0.4) is 0 Å². The van der Waals surface area contributed by atoms with Gasteiger partial charge < -0.3 is 4.74 Å². The minimum Gasteiger partial charge on any atom is -0.462 e. The number of halogens is 4. The molecular formula is C25H29F4NO2. The lowest BCUT2D eigenvalue weighted by molar-refractivity contribution is -0.157. The van der Waals surface area contributed by atoms with E-state index >= 15 is 0 Å². The molecule has 2 fully saturated rings. The highest BCUT2D eigenvalue weighted by Gasteiger charge is 2.33. The van der Waals surface area contributed by atoms with E-state index in [0.29, 0.717) is 25.2 Å². The van der Waals surface area contributed by atoms with Crippen molar-refractivity contribution in [3.05, 3.63) is 47.3 Å². The maximum Gasteiger partial charge on any atom is 0.416 e. The van der Waals surface area contributed by atoms with Crippen LogP contribution >= 0.6 is 0 Å². The Morgan fingerprint density at radius 3 is 2.22 bits per heavy atom. The van der Waals surface area contributed by atoms with E-state index in [1.54, 1.807) is 12.1 Å². The second-order valence-corrected chi connectivity index (χ2v) is 8.99. The van der Waals surface area contributed by atoms with Crippen molar-refractivity contribution in [3.8, 4) is 6.07 Å². The highest BCUT2D eigenvalue weighted by atomic mass is 19.4. The maximum absolute atomic E-state index is 12.8. The normalized spacial score (nSPS) is 26.9. The fraction of sp³-hybridized carbons (Fsp3) is 0.600. The Morgan fingerprint density at radius 2 is 1.66 bits per heavy atom. The molecule has 1 aromatic rings. The van der Waals surface area contributed by atoms with E-state index in [1.165, 1.54) is 12.1 Å². The lowest BCUT2D eigenvalue weighted by atomic mass is 9.78. The molecule has 1 aromatic carbocycles. The van der Waals surface area contributed by atoms with Crippen LogP contribution < -0.4 is 0 Å². The molecule has 0 bridgehead atoms. The molecule has 0 aliphatic heterocycles. The summed E-state index contributed by atoms with van der Waals surface area (Å²) in [6.45, 7) is 0. The van der Waals surface area contributed by atoms with Gasteiger partial charge in [-0.15, -0.1) is 0 Å². The number of nitrogens with zero attached hydrogens (tertiary/aromatic N) is 1. The monoisotopic (exact) mass is 451 g/mol. The Kier molecular flexibility index (Phi) is 8.33. The van der Waals surface area contributed by atoms with Gasteiger partial charge in [-0.25, -0.2) is 0 Å². The smallest absolute Gasteiger partial charge is 0.416 e. The van der Waals surface area contributed by atoms with Gasteiger partial charge in [-0.05, 0) is 99.8 Å². The summed E-state index contributed by atoms with van der Waals surface area (Å²) in [6, 6.07) is 6.83. The van der Waals surface area contributed by atoms with E-state index in [1.807, 2.05) is 0 Å². The average molecular weight is 452 g/mol. The van der Waals surface area contributed by atoms with Crippen LogP contribution in [0.25, 0.3) is 0 Å². The van der Waals surface area contributed by atoms with Gasteiger partial charge in [0.15, 0.2) is 5.83 Å². The van der Waals surface area contributed by atoms with E-state index in [-0.39, 0.29) is 23.9 Å². The minimum atomic E-state index is -4.33. The van der Waals surface area contributed by atoms with Crippen molar-refractivity contribution >= 4 is 5.97 Å². The number of nitriles is 1. The van der Waals surface area contributed by atoms with E-state index in [9.17, 15) is 22.4 Å². The van der Waals surface area contributed by atoms with Gasteiger partial charge in [-0.1, -0.05) is 12.1 Å². The van der Waals surface area contributed by atoms with Gasteiger partial charge in [0.2, 0.25) is 0 Å². The quantitative estimate of drug-likeness (QED) is 0.260. The number of carbonyl (C=O) groups is 1. The minimum absolute atomic E-state index is 0.0715. The summed E-state index contributed by atoms with van der Waals surface area (Å²) in [5.41, 5.74) is 0.256. The molecule has 2 aliphatic rings. The largest absolute Gasteiger partial charge is 0.462 e. The van der Waals surface area contributed by atoms with Gasteiger partial charge in [0.05, 0.1) is 11.5 Å². The zero-order chi connectivity index (χ0) is 23.1. The van der Waals surface area contributed by atoms with E-state index in [0.717, 1.165) is 62.6 Å². The number of esters is 1. The first-order valence-electron chi connectivity index (χ1n) is 11.4. The third-order valence-corrected chi connectivity index (χ3v) is 6.85. The molecule has 2 saturated carbocycles. The molecule has 0 unspecified atom stereocenters. The second-order valence-electron chi connectivity index (χ2n) is 8.99. The van der Waals surface area contributed by atoms with Crippen LogP contribution in [0, 0.1) is 23.2 Å². The molecule has 0 saturated heterocycles. The predicted molar refractivity (Wildman–Crippen MR) is 112 cm³/mol. The van der Waals surface area contributed by atoms with Crippen LogP contribution in [0.4, 0.5) is 17.6 Å². The van der Waals surface area contributed by atoms with E-state index in [4.69, 9.17) is 10.00 Å². The molecule has 7 heteroatoms. The van der Waals surface area contributed by atoms with Crippen molar-refractivity contribution in [1.82, 2.24) is 0 Å². The SMILES string of the molecule is N#CC(F)=CCC[C@H]1CC[C@H](OC(=O)[C@H]2CC[C@H](c3ccc(C(F)(F)F)cc3)CC2)CC1. The molecule has 174 valence electrons. The molecule has 0 heterocycles. The third kappa shape index (κ3) is 6.82. The standard InChI is InChI=1S/C25H29F4NO2/c26-22(16-30)3-1-2-17-4-14-23(15-5-17)32-24(31)20-8-6-18(7-9-20)19-10-12-21(13-11-19)25(27,28)29/h3,10-13,17-18,20,23H,1-2,4-9,14-15H2/t17-,18-,20-,23-. The maximum atomic E-state index is 12.8. The number of benzene rings is 1. The zero-order valence-electron chi connectivity index (χ0n) is 18.0. The van der Waals surface area contributed by atoms with E-state index in [2.05, 4.69) is 0 Å². The summed E-state index contributed by atoms with van der Waals surface area (Å²) in [4.78, 5) is 12.6. The molecule has 3 nitrogen and oxygen atoms in total. The van der Waals surface area contributed by atoms with Crippen molar-refractivity contribution in [2.75, 3.05) is 0 Å². The summed E-state index contributed by atoms with van der Waals surface area (Å²) in [6.07, 6.45) is 4.71. The van der Waals surface area contributed by atoms with Gasteiger partial charge in [0.1, 0.15) is 12.2 Å². The molecule has 2 aliphatic carbocycles. The summed E-state index contributed by atoms with van der Waals surface area (Å²) in [5.74, 6) is -0.389. The first-order valence-corrected chi connectivity index (χ1v) is 11.4. The lowest BCUT2D eigenvalue weighted by Gasteiger charge is -2.31. The Morgan fingerprint density at radius 1 is 1.03 bits per heavy atom. The number of alkyl halides is 3. The van der Waals surface area contributed by atoms with Gasteiger partial charge in [-0.2, -0.15) is 22.8 Å². The van der Waals surface area contributed by atoms with E-state index < -0.39 is 17.6 Å². The number of rotatable bonds is 6. The molecule has 0 spiro atoms. The number of ether oxygens (including phenoxy) is 1. The van der Waals surface area contributed by atoms with Gasteiger partial charge in [-0.3, -0.25) is 4.79 Å². The Balaban J connectivity index is 1.38. The van der Waals surface area contributed by atoms with Gasteiger partial charge in [0.25, 0.3) is 0 Å². The lowest BCUT2D eigenvalue weighted by Crippen LogP contribution is -2.29. The molecule has 3 rings (SSSR count). The van der Waals surface area contributed by atoms with Crippen LogP contribution in [0.1, 0.15) is 81.3 Å². The first-order chi connectivity index (χ1) is 15.3. The molecule has 0 amide bonds. The molecule has 0 radical (unpaired) electrons. The molecule has 0 atom stereocenters. The summed E-state index contributed by atoms with van der Waals surface area (Å²) >= 11 is 0. The molecule has 0 N–H and O–H groups in total. The fourth-order valence-corrected chi connectivity index (χ4v) is 4.90. The Hall–Kier alpha value is -2.36. The van der Waals surface area contributed by atoms with Crippen LogP contribution in [0.2, 0.25) is 0 Å². The highest BCUT2D eigenvalue weighted by molar-refractivity contribution is 5.72. The molecule has 32 heavy (non-hydrogen) atoms. The van der Waals surface area contributed by atoms with Crippen LogP contribution in [-0.4, -0.2) is 12.1 Å². The van der Waals surface area contributed by atoms with Crippen molar-refractivity contribution in [2.45, 2.75) is 82.4 Å². The van der Waals surface area contributed by atoms with Crippen molar-refractivity contribution < 1.29 is 27.1 Å². The highest BCUT2D eigenvalue weighted by Crippen LogP contribution is 2.38. The summed E-state index contributed by atoms with van der Waals surface area (Å²) in [5, 5.41) is 8.43. The number of allylic oxidation sites excluding steroid dienone is 2. The first kappa shape index (κ1) is 24.3. The number of hydrogen-bond donors (Lipinski definition) is 0. The zero-order valence-corrected chi connectivity index (χ0v) is 18.0. The Bertz CT molecular complexity index is 825. The molecule has 0 aromatic heterocycles. The van der Waals surface area contributed by atoms with Crippen LogP contribution in [0.5, 0.6) is 0 Å². The van der Waals surface area contributed by atoms with Gasteiger partial charge >= 0.3 is 12.1 Å². The van der Waals surface area contributed by atoms with Crippen molar-refractivity contribution in [1.29, 1.82) is 5.26 Å². The number of carbonyl (C=O) groups excluding carboxylic acids is 1. The predicted octanol–water partition coefficient (Wildman–Crippen LogP) is 7.24. The third-order valence-electron chi connectivity index (χ3n) is 6.85. The summed E-state index contributed by atoms with van der Waals surface area (Å²) < 4.78 is 56.8. The molecular weight excluding hydrogens is 422 g/mol. The van der Waals surface area contributed by atoms with Crippen LogP contribution in [-0.2, 0) is 15.7 Å². The average Bonchev–Trinajstić information content (AvgIpc) is 2.79. The topological polar surface area (TPSA) is 50.1 Å². The van der Waals surface area contributed by atoms with Crippen molar-refractivity contribution in [2.24, 2.45) is 11.8 Å². The number of hydrogen-bond acceptors (Lipinski definition) is 3. The van der Waals surface area contributed by atoms with Gasteiger partial charge in [0, 0.05) is 0 Å². The Labute approximate surface area is 186 Å². The van der Waals surface area contributed by atoms with Crippen LogP contribution in [0.15, 0.2) is 36.2 Å². The summed E-state index contributed by atoms with van der Waals surface area (Å²) in [7, 11) is 0. The van der Waals surface area contributed by atoms with Crippen molar-refractivity contribution in [3.63, 3.8) is 0 Å². The second kappa shape index (κ2) is 11.0. The fourth-order valence-electron chi connectivity index (χ4n) is 4.90.